The molecule has 0 aromatic carbocycles. The van der Waals surface area contributed by atoms with Crippen molar-refractivity contribution >= 4 is 13.7 Å². The molecule has 0 saturated heterocycles. The minimum atomic E-state index is -4.61. The van der Waals surface area contributed by atoms with Gasteiger partial charge < -0.3 is 28.8 Å². The third kappa shape index (κ3) is 74.0. The molecule has 0 rings (SSSR count). The fraction of sp³-hybridized carbons (Fsp3) is 0.912. The number of nitrogens with zero attached hydrogens (tertiary/aromatic N) is 1. The Morgan fingerprint density at radius 3 is 0.933 bits per heavy atom. The van der Waals surface area contributed by atoms with Gasteiger partial charge in [0.25, 0.3) is 7.82 Å². The number of carbonyl (C=O) groups excluding carboxylic acids is 1. The van der Waals surface area contributed by atoms with Gasteiger partial charge in [-0.3, -0.25) is 9.36 Å². The summed E-state index contributed by atoms with van der Waals surface area (Å²) < 4.78 is 23.5. The Bertz CT molecular complexity index is 1550. The van der Waals surface area contributed by atoms with Crippen molar-refractivity contribution in [2.24, 2.45) is 0 Å². The zero-order valence-corrected chi connectivity index (χ0v) is 61.6. The highest BCUT2D eigenvalue weighted by molar-refractivity contribution is 7.45. The van der Waals surface area contributed by atoms with Gasteiger partial charge in [-0.1, -0.05) is 397 Å². The van der Waals surface area contributed by atoms with E-state index in [1.807, 2.05) is 27.2 Å². The van der Waals surface area contributed by atoms with E-state index in [0.717, 1.165) is 44.9 Å². The molecule has 0 saturated carbocycles. The first-order valence-electron chi connectivity index (χ1n) is 39.9. The zero-order valence-electron chi connectivity index (χ0n) is 60.7. The van der Waals surface area contributed by atoms with E-state index in [1.54, 1.807) is 6.08 Å². The lowest BCUT2D eigenvalue weighted by Gasteiger charge is -2.29. The lowest BCUT2D eigenvalue weighted by atomic mass is 10.0. The molecule has 2 N–H and O–H groups in total. The number of rotatable bonds is 75. The molecule has 0 bridgehead atoms. The average molecular weight is 1270 g/mol. The fourth-order valence-corrected chi connectivity index (χ4v) is 13.2. The van der Waals surface area contributed by atoms with E-state index in [-0.39, 0.29) is 19.1 Å². The summed E-state index contributed by atoms with van der Waals surface area (Å²) in [6.45, 7) is 4.71. The van der Waals surface area contributed by atoms with E-state index in [9.17, 15) is 19.4 Å². The van der Waals surface area contributed by atoms with Crippen LogP contribution in [0.3, 0.4) is 0 Å². The maximum atomic E-state index is 13.1. The highest BCUT2D eigenvalue weighted by Crippen LogP contribution is 2.38. The maximum Gasteiger partial charge on any atom is 0.268 e. The monoisotopic (exact) mass is 1270 g/mol. The van der Waals surface area contributed by atoms with Gasteiger partial charge in [0.05, 0.1) is 39.9 Å². The van der Waals surface area contributed by atoms with E-state index in [4.69, 9.17) is 9.05 Å². The molecular weight excluding hydrogens is 1120 g/mol. The number of unbranched alkanes of at least 4 members (excludes halogenated alkanes) is 58. The molecule has 0 aliphatic carbocycles. The summed E-state index contributed by atoms with van der Waals surface area (Å²) in [6.07, 6.45) is 96.0. The lowest BCUT2D eigenvalue weighted by molar-refractivity contribution is -0.870. The van der Waals surface area contributed by atoms with E-state index < -0.39 is 20.0 Å². The van der Waals surface area contributed by atoms with Crippen LogP contribution in [0.5, 0.6) is 0 Å². The summed E-state index contributed by atoms with van der Waals surface area (Å²) >= 11 is 0. The van der Waals surface area contributed by atoms with Gasteiger partial charge in [-0.15, -0.1) is 0 Å². The topological polar surface area (TPSA) is 108 Å². The van der Waals surface area contributed by atoms with Gasteiger partial charge in [-0.2, -0.15) is 0 Å². The van der Waals surface area contributed by atoms with Gasteiger partial charge in [-0.25, -0.2) is 0 Å². The quantitative estimate of drug-likeness (QED) is 0.0272. The number of hydrogen-bond donors (Lipinski definition) is 2. The third-order valence-electron chi connectivity index (χ3n) is 18.6. The second kappa shape index (κ2) is 71.0. The van der Waals surface area contributed by atoms with Gasteiger partial charge >= 0.3 is 0 Å². The molecule has 9 heteroatoms. The van der Waals surface area contributed by atoms with E-state index in [2.05, 4.69) is 43.5 Å². The van der Waals surface area contributed by atoms with E-state index >= 15 is 0 Å². The highest BCUT2D eigenvalue weighted by Gasteiger charge is 2.23. The predicted molar refractivity (Wildman–Crippen MR) is 390 cm³/mol. The number of quaternary nitrogens is 1. The molecule has 3 atom stereocenters. The van der Waals surface area contributed by atoms with Gasteiger partial charge in [0.1, 0.15) is 13.2 Å². The molecule has 0 radical (unpaired) electrons. The Labute approximate surface area is 557 Å². The fourth-order valence-electron chi connectivity index (χ4n) is 12.4. The van der Waals surface area contributed by atoms with Crippen LogP contribution in [0.15, 0.2) is 36.5 Å². The predicted octanol–water partition coefficient (Wildman–Crippen LogP) is 25.3. The molecular formula is C80H157N2O6P. The van der Waals surface area contributed by atoms with Crippen LogP contribution in [0.2, 0.25) is 0 Å². The standard InChI is InChI=1S/C80H157N2O6P/c1-6-8-10-12-14-16-18-20-22-24-26-28-30-32-34-36-38-39-40-41-42-43-44-46-48-50-52-54-56-58-60-62-64-66-68-70-72-74-80(84)81-78(77-88-89(85,86)87-76-75-82(3,4)5)79(83)73-71-69-67-65-63-61-59-57-55-53-51-49-47-45-37-35-33-31-29-27-25-23-21-19-17-15-13-11-9-7-2/h18,20,24,26,71,73,78-79,83H,6-17,19,21-23,25,27-70,72,74-77H2,1-5H3,(H-,81,84,85,86)/b20-18-,26-24-,73-71+. The summed E-state index contributed by atoms with van der Waals surface area (Å²) in [4.78, 5) is 25.7. The molecule has 0 aromatic rings. The van der Waals surface area contributed by atoms with Gasteiger partial charge in [0, 0.05) is 6.42 Å². The third-order valence-corrected chi connectivity index (χ3v) is 19.6. The minimum absolute atomic E-state index is 0.00178. The second-order valence-corrected chi connectivity index (χ2v) is 30.2. The summed E-state index contributed by atoms with van der Waals surface area (Å²) in [7, 11) is 1.28. The lowest BCUT2D eigenvalue weighted by Crippen LogP contribution is -2.45. The molecule has 528 valence electrons. The smallest absolute Gasteiger partial charge is 0.268 e. The number of phosphoric acid groups is 1. The first-order chi connectivity index (χ1) is 43.5. The molecule has 0 heterocycles. The summed E-state index contributed by atoms with van der Waals surface area (Å²) in [5.41, 5.74) is 0. The van der Waals surface area contributed by atoms with Crippen molar-refractivity contribution in [3.63, 3.8) is 0 Å². The van der Waals surface area contributed by atoms with Crippen LogP contribution < -0.4 is 10.2 Å². The van der Waals surface area contributed by atoms with Gasteiger partial charge in [0.2, 0.25) is 5.91 Å². The maximum absolute atomic E-state index is 13.1. The minimum Gasteiger partial charge on any atom is -0.756 e. The highest BCUT2D eigenvalue weighted by atomic mass is 31.2. The van der Waals surface area contributed by atoms with Gasteiger partial charge in [0.15, 0.2) is 0 Å². The molecule has 8 nitrogen and oxygen atoms in total. The van der Waals surface area contributed by atoms with Crippen LogP contribution in [0.25, 0.3) is 0 Å². The first-order valence-corrected chi connectivity index (χ1v) is 41.3. The number of nitrogens with one attached hydrogen (secondary N) is 1. The largest absolute Gasteiger partial charge is 0.756 e. The summed E-state index contributed by atoms with van der Waals surface area (Å²) in [5.74, 6) is -0.187. The molecule has 89 heavy (non-hydrogen) atoms. The Balaban J connectivity index is 3.94. The van der Waals surface area contributed by atoms with Crippen LogP contribution in [-0.2, 0) is 18.4 Å². The molecule has 0 fully saturated rings. The van der Waals surface area contributed by atoms with Crippen LogP contribution >= 0.6 is 7.82 Å². The number of allylic oxidation sites excluding steroid dienone is 5. The number of phosphoric ester groups is 1. The molecule has 0 aliphatic heterocycles. The van der Waals surface area contributed by atoms with Crippen LogP contribution in [0, 0.1) is 0 Å². The Hall–Kier alpha value is -1.28. The zero-order chi connectivity index (χ0) is 64.8. The molecule has 0 aromatic heterocycles. The first kappa shape index (κ1) is 87.7. The van der Waals surface area contributed by atoms with Crippen molar-refractivity contribution in [1.29, 1.82) is 0 Å². The number of hydrogen-bond acceptors (Lipinski definition) is 6. The number of amides is 1. The van der Waals surface area contributed by atoms with Crippen LogP contribution in [0.1, 0.15) is 418 Å². The van der Waals surface area contributed by atoms with Crippen molar-refractivity contribution < 1.29 is 32.9 Å². The van der Waals surface area contributed by atoms with Crippen LogP contribution in [0.4, 0.5) is 0 Å². The number of aliphatic hydroxyl groups is 1. The number of likely N-dealkylation sites (N-methyl/N-ethyl adjacent to an activating group) is 1. The summed E-state index contributed by atoms with van der Waals surface area (Å²) in [6, 6.07) is -0.887. The molecule has 1 amide bonds. The van der Waals surface area contributed by atoms with Gasteiger partial charge in [-0.05, 0) is 51.4 Å². The Morgan fingerprint density at radius 2 is 0.652 bits per heavy atom. The van der Waals surface area contributed by atoms with E-state index in [0.29, 0.717) is 17.4 Å². The summed E-state index contributed by atoms with van der Waals surface area (Å²) in [5, 5.41) is 14.0. The Kier molecular flexibility index (Phi) is 70.0. The van der Waals surface area contributed by atoms with Crippen LogP contribution in [-0.4, -0.2) is 68.5 Å². The van der Waals surface area contributed by atoms with Crippen molar-refractivity contribution in [3.05, 3.63) is 36.5 Å². The number of carbonyl (C=O) groups is 1. The number of aliphatic hydroxyl groups excluding tert-OH is 1. The molecule has 3 unspecified atom stereocenters. The van der Waals surface area contributed by atoms with Crippen molar-refractivity contribution in [3.8, 4) is 0 Å². The SMILES string of the molecule is CCCCCCC/C=C\C/C=C\CCCCCCCCCCCCCCCCCCCCCCCCCCCC(=O)NC(COP(=O)([O-])OCC[N+](C)(C)C)C(O)/C=C/CCCCCCCCCCCCCCCCCCCCCCCCCCCCCC. The van der Waals surface area contributed by atoms with E-state index in [1.165, 1.54) is 353 Å². The average Bonchev–Trinajstić information content (AvgIpc) is 3.57. The second-order valence-electron chi connectivity index (χ2n) is 28.8. The van der Waals surface area contributed by atoms with Crippen molar-refractivity contribution in [2.75, 3.05) is 40.9 Å². The molecule has 0 spiro atoms. The molecule has 0 aliphatic rings. The normalized spacial score (nSPS) is 13.7. The van der Waals surface area contributed by atoms with Crippen molar-refractivity contribution in [1.82, 2.24) is 5.32 Å². The Morgan fingerprint density at radius 1 is 0.393 bits per heavy atom. The van der Waals surface area contributed by atoms with Crippen molar-refractivity contribution in [2.45, 2.75) is 431 Å².